The number of benzene rings is 1. The molecule has 2 aromatic heterocycles. The third kappa shape index (κ3) is 5.91. The highest BCUT2D eigenvalue weighted by atomic mass is 35.5. The minimum absolute atomic E-state index is 0.0593. The van der Waals surface area contributed by atoms with Crippen LogP contribution in [0.1, 0.15) is 38.4 Å². The monoisotopic (exact) mass is 482 g/mol. The highest BCUT2D eigenvalue weighted by Gasteiger charge is 2.22. The summed E-state index contributed by atoms with van der Waals surface area (Å²) in [7, 11) is -0.631. The molecular formula is C21H27ClN4O3S2. The zero-order valence-electron chi connectivity index (χ0n) is 17.9. The van der Waals surface area contributed by atoms with E-state index >= 15 is 0 Å². The fourth-order valence-electron chi connectivity index (χ4n) is 3.00. The van der Waals surface area contributed by atoms with Gasteiger partial charge in [-0.25, -0.2) is 12.7 Å². The highest BCUT2D eigenvalue weighted by Crippen LogP contribution is 2.29. The van der Waals surface area contributed by atoms with Gasteiger partial charge in [0, 0.05) is 31.2 Å². The second kappa shape index (κ2) is 10.7. The first-order valence-electron chi connectivity index (χ1n) is 10.2. The van der Waals surface area contributed by atoms with Gasteiger partial charge in [0.05, 0.1) is 5.75 Å². The zero-order chi connectivity index (χ0) is 22.4. The number of thioether (sulfide) groups is 1. The van der Waals surface area contributed by atoms with E-state index in [2.05, 4.69) is 21.7 Å². The minimum atomic E-state index is -3.59. The Morgan fingerprint density at radius 1 is 1.06 bits per heavy atom. The molecule has 0 aliphatic carbocycles. The lowest BCUT2D eigenvalue weighted by atomic mass is 10.2. The number of furan rings is 1. The first-order valence-corrected chi connectivity index (χ1v) is 13.0. The zero-order valence-corrected chi connectivity index (χ0v) is 20.3. The van der Waals surface area contributed by atoms with Gasteiger partial charge < -0.3 is 8.98 Å². The largest absolute Gasteiger partial charge is 0.447 e. The summed E-state index contributed by atoms with van der Waals surface area (Å²) < 4.78 is 33.3. The van der Waals surface area contributed by atoms with Crippen molar-refractivity contribution < 1.29 is 12.8 Å². The van der Waals surface area contributed by atoms with Crippen molar-refractivity contribution in [2.45, 2.75) is 55.2 Å². The number of sulfonamides is 1. The molecule has 0 atom stereocenters. The molecule has 1 aromatic carbocycles. The lowest BCUT2D eigenvalue weighted by Gasteiger charge is -2.10. The molecule has 0 spiro atoms. The van der Waals surface area contributed by atoms with Crippen molar-refractivity contribution in [3.63, 3.8) is 0 Å². The molecule has 0 unspecified atom stereocenters. The van der Waals surface area contributed by atoms with Gasteiger partial charge in [-0.1, -0.05) is 49.5 Å². The summed E-state index contributed by atoms with van der Waals surface area (Å²) >= 11 is 7.51. The van der Waals surface area contributed by atoms with Crippen LogP contribution in [0.4, 0.5) is 0 Å². The van der Waals surface area contributed by atoms with Crippen LogP contribution in [0.5, 0.6) is 0 Å². The van der Waals surface area contributed by atoms with E-state index in [1.165, 1.54) is 44.8 Å². The Kier molecular flexibility index (Phi) is 8.21. The standard InChI is InChI=1S/C21H27ClN4O3S2/c1-4-5-6-7-14-26-20(16-8-10-17(22)11-9-16)23-24-21(26)30-15-18-12-13-19(29-18)31(27,28)25(2)3/h8-13H,4-7,14-15H2,1-3H3. The van der Waals surface area contributed by atoms with E-state index in [0.29, 0.717) is 16.5 Å². The number of halogens is 1. The van der Waals surface area contributed by atoms with Crippen LogP contribution in [0.2, 0.25) is 5.02 Å². The third-order valence-corrected chi connectivity index (χ3v) is 7.70. The fraction of sp³-hybridized carbons (Fsp3) is 0.429. The van der Waals surface area contributed by atoms with Crippen LogP contribution in [-0.2, 0) is 22.3 Å². The molecule has 3 rings (SSSR count). The summed E-state index contributed by atoms with van der Waals surface area (Å²) in [6, 6.07) is 10.7. The molecule has 0 N–H and O–H groups in total. The Morgan fingerprint density at radius 2 is 1.81 bits per heavy atom. The minimum Gasteiger partial charge on any atom is -0.447 e. The Balaban J connectivity index is 1.79. The van der Waals surface area contributed by atoms with Gasteiger partial charge in [0.15, 0.2) is 11.0 Å². The quantitative estimate of drug-likeness (QED) is 0.272. The van der Waals surface area contributed by atoms with Gasteiger partial charge in [-0.15, -0.1) is 10.2 Å². The molecule has 0 radical (unpaired) electrons. The maximum atomic E-state index is 12.2. The van der Waals surface area contributed by atoms with E-state index in [1.807, 2.05) is 24.3 Å². The summed E-state index contributed by atoms with van der Waals surface area (Å²) in [4.78, 5) is 0. The van der Waals surface area contributed by atoms with Crippen LogP contribution in [0.3, 0.4) is 0 Å². The Bertz CT molecular complexity index is 1090. The lowest BCUT2D eigenvalue weighted by molar-refractivity contribution is 0.408. The second-order valence-electron chi connectivity index (χ2n) is 7.32. The van der Waals surface area contributed by atoms with Gasteiger partial charge >= 0.3 is 0 Å². The predicted octanol–water partition coefficient (Wildman–Crippen LogP) is 5.31. The molecule has 10 heteroatoms. The number of aromatic nitrogens is 3. The van der Waals surface area contributed by atoms with E-state index < -0.39 is 10.0 Å². The molecule has 0 saturated carbocycles. The van der Waals surface area contributed by atoms with Crippen LogP contribution < -0.4 is 0 Å². The van der Waals surface area contributed by atoms with Crippen molar-refractivity contribution in [3.8, 4) is 11.4 Å². The first-order chi connectivity index (χ1) is 14.8. The van der Waals surface area contributed by atoms with Crippen LogP contribution in [0.15, 0.2) is 51.1 Å². The van der Waals surface area contributed by atoms with Crippen molar-refractivity contribution >= 4 is 33.4 Å². The van der Waals surface area contributed by atoms with Gasteiger partial charge in [0.2, 0.25) is 5.09 Å². The van der Waals surface area contributed by atoms with E-state index in [9.17, 15) is 8.42 Å². The molecule has 0 saturated heterocycles. The van der Waals surface area contributed by atoms with Gasteiger partial charge in [-0.05, 0) is 42.8 Å². The Hall–Kier alpha value is -1.81. The number of hydrogen-bond acceptors (Lipinski definition) is 6. The fourth-order valence-corrected chi connectivity index (χ4v) is 4.79. The summed E-state index contributed by atoms with van der Waals surface area (Å²) in [5.74, 6) is 1.82. The highest BCUT2D eigenvalue weighted by molar-refractivity contribution is 7.98. The van der Waals surface area contributed by atoms with Gasteiger partial charge in [-0.2, -0.15) is 0 Å². The van der Waals surface area contributed by atoms with E-state index in [1.54, 1.807) is 6.07 Å². The molecule has 168 valence electrons. The number of rotatable bonds is 11. The van der Waals surface area contributed by atoms with Crippen LogP contribution in [0, 0.1) is 0 Å². The maximum absolute atomic E-state index is 12.2. The summed E-state index contributed by atoms with van der Waals surface area (Å²) in [6.45, 7) is 3.00. The topological polar surface area (TPSA) is 81.2 Å². The van der Waals surface area contributed by atoms with Crippen molar-refractivity contribution in [1.82, 2.24) is 19.1 Å². The van der Waals surface area contributed by atoms with Crippen molar-refractivity contribution in [3.05, 3.63) is 47.2 Å². The first kappa shape index (κ1) is 23.8. The molecule has 3 aromatic rings. The van der Waals surface area contributed by atoms with Crippen LogP contribution >= 0.6 is 23.4 Å². The maximum Gasteiger partial charge on any atom is 0.275 e. The molecule has 0 aliphatic heterocycles. The van der Waals surface area contributed by atoms with Crippen molar-refractivity contribution in [2.75, 3.05) is 14.1 Å². The van der Waals surface area contributed by atoms with Gasteiger partial charge in [0.25, 0.3) is 10.0 Å². The second-order valence-corrected chi connectivity index (χ2v) is 10.8. The molecule has 0 bridgehead atoms. The Morgan fingerprint density at radius 3 is 2.48 bits per heavy atom. The molecule has 0 aliphatic rings. The third-order valence-electron chi connectivity index (χ3n) is 4.77. The average molecular weight is 483 g/mol. The van der Waals surface area contributed by atoms with Crippen molar-refractivity contribution in [2.24, 2.45) is 0 Å². The molecule has 31 heavy (non-hydrogen) atoms. The number of nitrogens with zero attached hydrogens (tertiary/aromatic N) is 4. The molecule has 0 amide bonds. The summed E-state index contributed by atoms with van der Waals surface area (Å²) in [5.41, 5.74) is 0.955. The van der Waals surface area contributed by atoms with Crippen molar-refractivity contribution in [1.29, 1.82) is 0 Å². The predicted molar refractivity (Wildman–Crippen MR) is 124 cm³/mol. The molecular weight excluding hydrogens is 456 g/mol. The van der Waals surface area contributed by atoms with E-state index in [0.717, 1.165) is 40.2 Å². The number of unbranched alkanes of at least 4 members (excludes halogenated alkanes) is 3. The molecule has 7 nitrogen and oxygen atoms in total. The SMILES string of the molecule is CCCCCCn1c(SCc2ccc(S(=O)(=O)N(C)C)o2)nnc1-c1ccc(Cl)cc1. The lowest BCUT2D eigenvalue weighted by Crippen LogP contribution is -2.21. The Labute approximate surface area is 192 Å². The molecule has 0 fully saturated rings. The normalized spacial score (nSPS) is 12.0. The van der Waals surface area contributed by atoms with Gasteiger partial charge in [-0.3, -0.25) is 0 Å². The smallest absolute Gasteiger partial charge is 0.275 e. The average Bonchev–Trinajstić information content (AvgIpc) is 3.38. The van der Waals surface area contributed by atoms with Crippen LogP contribution in [-0.4, -0.2) is 41.6 Å². The van der Waals surface area contributed by atoms with E-state index in [-0.39, 0.29) is 5.09 Å². The van der Waals surface area contributed by atoms with Gasteiger partial charge in [0.1, 0.15) is 5.76 Å². The van der Waals surface area contributed by atoms with E-state index in [4.69, 9.17) is 16.0 Å². The summed E-state index contributed by atoms with van der Waals surface area (Å²) in [5, 5.41) is 10.2. The van der Waals surface area contributed by atoms with Crippen LogP contribution in [0.25, 0.3) is 11.4 Å². The number of hydrogen-bond donors (Lipinski definition) is 0. The summed E-state index contributed by atoms with van der Waals surface area (Å²) in [6.07, 6.45) is 4.54. The molecule has 2 heterocycles.